The zero-order chi connectivity index (χ0) is 22.3. The summed E-state index contributed by atoms with van der Waals surface area (Å²) in [6, 6.07) is 4.82. The molecule has 1 fully saturated rings. The highest BCUT2D eigenvalue weighted by Crippen LogP contribution is 2.28. The zero-order valence-corrected chi connectivity index (χ0v) is 18.0. The molecule has 0 aliphatic carbocycles. The second kappa shape index (κ2) is 10.5. The highest BCUT2D eigenvalue weighted by atomic mass is 32.2. The largest absolute Gasteiger partial charge is 0.473 e. The summed E-state index contributed by atoms with van der Waals surface area (Å²) in [6.07, 6.45) is 5.93. The number of carbonyl (C=O) groups excluding carboxylic acids is 1. The van der Waals surface area contributed by atoms with Gasteiger partial charge in [-0.1, -0.05) is 24.2 Å². The molecule has 2 heterocycles. The van der Waals surface area contributed by atoms with E-state index < -0.39 is 21.8 Å². The normalized spacial score (nSPS) is 15.0. The van der Waals surface area contributed by atoms with E-state index in [4.69, 9.17) is 19.8 Å². The van der Waals surface area contributed by atoms with Crippen molar-refractivity contribution in [3.63, 3.8) is 0 Å². The number of nitrogens with one attached hydrogen (secondary N) is 1. The molecule has 30 heavy (non-hydrogen) atoms. The van der Waals surface area contributed by atoms with E-state index in [0.717, 1.165) is 30.6 Å². The number of hydrogen-bond donors (Lipinski definition) is 3. The molecule has 0 unspecified atom stereocenters. The molecular weight excluding hydrogens is 434 g/mol. The third-order valence-corrected chi connectivity index (χ3v) is 6.33. The first-order chi connectivity index (χ1) is 14.1. The summed E-state index contributed by atoms with van der Waals surface area (Å²) in [5, 5.41) is 18.1. The molecule has 1 amide bonds. The van der Waals surface area contributed by atoms with E-state index in [1.165, 1.54) is 30.4 Å². The fourth-order valence-electron chi connectivity index (χ4n) is 2.85. The number of rotatable bonds is 4. The Morgan fingerprint density at radius 3 is 2.23 bits per heavy atom. The van der Waals surface area contributed by atoms with Crippen molar-refractivity contribution in [1.82, 2.24) is 9.88 Å². The van der Waals surface area contributed by atoms with Gasteiger partial charge < -0.3 is 15.5 Å². The van der Waals surface area contributed by atoms with Crippen LogP contribution in [0.3, 0.4) is 0 Å². The van der Waals surface area contributed by atoms with Crippen molar-refractivity contribution in [3.8, 4) is 0 Å². The Kier molecular flexibility index (Phi) is 8.26. The minimum atomic E-state index is -3.25. The van der Waals surface area contributed by atoms with E-state index in [2.05, 4.69) is 15.2 Å². The highest BCUT2D eigenvalue weighted by Gasteiger charge is 2.15. The number of fused-ring (bicyclic) bond motifs is 1. The number of hydrogen-bond acceptors (Lipinski definition) is 8. The lowest BCUT2D eigenvalue weighted by molar-refractivity contribution is -0.159. The zero-order valence-electron chi connectivity index (χ0n) is 16.3. The van der Waals surface area contributed by atoms with E-state index >= 15 is 0 Å². The lowest BCUT2D eigenvalue weighted by Crippen LogP contribution is -2.33. The Bertz CT molecular complexity index is 1010. The second-order valence-electron chi connectivity index (χ2n) is 6.77. The van der Waals surface area contributed by atoms with Gasteiger partial charge in [-0.25, -0.2) is 23.0 Å². The quantitative estimate of drug-likeness (QED) is 0.582. The molecule has 3 rings (SSSR count). The predicted molar refractivity (Wildman–Crippen MR) is 112 cm³/mol. The molecule has 1 aliphatic rings. The molecule has 2 aromatic rings. The van der Waals surface area contributed by atoms with Crippen LogP contribution in [0.5, 0.6) is 0 Å². The van der Waals surface area contributed by atoms with Crippen LogP contribution in [0.2, 0.25) is 0 Å². The molecule has 0 spiro atoms. The van der Waals surface area contributed by atoms with E-state index in [1.807, 2.05) is 0 Å². The summed E-state index contributed by atoms with van der Waals surface area (Å²) in [6.45, 7) is 2.31. The van der Waals surface area contributed by atoms with Crippen LogP contribution in [0.4, 0.5) is 5.13 Å². The fourth-order valence-corrected chi connectivity index (χ4v) is 4.49. The predicted octanol–water partition coefficient (Wildman–Crippen LogP) is 1.67. The third-order valence-electron chi connectivity index (χ3n) is 4.28. The van der Waals surface area contributed by atoms with Crippen LogP contribution in [0.15, 0.2) is 23.1 Å². The summed E-state index contributed by atoms with van der Waals surface area (Å²) >= 11 is 1.30. The van der Waals surface area contributed by atoms with E-state index in [0.29, 0.717) is 17.2 Å². The van der Waals surface area contributed by atoms with Crippen LogP contribution in [0.25, 0.3) is 10.2 Å². The second-order valence-corrected chi connectivity index (χ2v) is 9.82. The minimum absolute atomic E-state index is 0.0701. The Labute approximate surface area is 177 Å². The first-order valence-corrected chi connectivity index (χ1v) is 11.9. The average molecular weight is 458 g/mol. The van der Waals surface area contributed by atoms with E-state index in [9.17, 15) is 13.2 Å². The lowest BCUT2D eigenvalue weighted by Gasteiger charge is -2.18. The Hall–Kier alpha value is -2.57. The van der Waals surface area contributed by atoms with Gasteiger partial charge in [0.2, 0.25) is 5.91 Å². The number of likely N-dealkylation sites (tertiary alicyclic amines) is 1. The summed E-state index contributed by atoms with van der Waals surface area (Å²) in [4.78, 5) is 37.2. The lowest BCUT2D eigenvalue weighted by atomic mass is 10.2. The Balaban J connectivity index is 0.000000469. The van der Waals surface area contributed by atoms with Crippen LogP contribution in [0.1, 0.15) is 25.7 Å². The number of anilines is 1. The number of thiazole rings is 1. The van der Waals surface area contributed by atoms with Crippen molar-refractivity contribution >= 4 is 54.4 Å². The summed E-state index contributed by atoms with van der Waals surface area (Å²) < 4.78 is 24.0. The molecule has 1 aromatic carbocycles. The number of amides is 1. The van der Waals surface area contributed by atoms with Gasteiger partial charge in [0.25, 0.3) is 0 Å². The molecule has 164 valence electrons. The number of carboxylic acids is 2. The maximum Gasteiger partial charge on any atom is 0.414 e. The summed E-state index contributed by atoms with van der Waals surface area (Å²) in [5.41, 5.74) is 0.692. The van der Waals surface area contributed by atoms with Gasteiger partial charge >= 0.3 is 11.9 Å². The van der Waals surface area contributed by atoms with Crippen molar-refractivity contribution in [2.45, 2.75) is 30.6 Å². The fraction of sp³-hybridized carbons (Fsp3) is 0.444. The molecule has 1 saturated heterocycles. The SMILES string of the molecule is CS(=O)(=O)c1ccc2nc(NC(=O)CN3CCCCCC3)sc2c1.O=C(O)C(=O)O. The first-order valence-electron chi connectivity index (χ1n) is 9.15. The van der Waals surface area contributed by atoms with Gasteiger partial charge in [0, 0.05) is 6.26 Å². The number of aliphatic carboxylic acids is 2. The number of sulfone groups is 1. The van der Waals surface area contributed by atoms with Crippen molar-refractivity contribution in [1.29, 1.82) is 0 Å². The minimum Gasteiger partial charge on any atom is -0.473 e. The van der Waals surface area contributed by atoms with Crippen molar-refractivity contribution in [2.24, 2.45) is 0 Å². The topological polar surface area (TPSA) is 154 Å². The molecule has 0 bridgehead atoms. The van der Waals surface area contributed by atoms with Gasteiger partial charge in [-0.2, -0.15) is 0 Å². The van der Waals surface area contributed by atoms with Gasteiger partial charge in [0.05, 0.1) is 21.7 Å². The van der Waals surface area contributed by atoms with Gasteiger partial charge in [0.1, 0.15) is 0 Å². The number of nitrogens with zero attached hydrogens (tertiary/aromatic N) is 2. The molecule has 1 aromatic heterocycles. The van der Waals surface area contributed by atoms with Crippen LogP contribution < -0.4 is 5.32 Å². The Morgan fingerprint density at radius 1 is 1.10 bits per heavy atom. The molecule has 12 heteroatoms. The molecule has 3 N–H and O–H groups in total. The number of aromatic nitrogens is 1. The third kappa shape index (κ3) is 7.35. The molecule has 0 radical (unpaired) electrons. The molecular formula is C18H23N3O7S2. The highest BCUT2D eigenvalue weighted by molar-refractivity contribution is 7.90. The molecule has 10 nitrogen and oxygen atoms in total. The van der Waals surface area contributed by atoms with Crippen LogP contribution in [0, 0.1) is 0 Å². The maximum absolute atomic E-state index is 12.2. The monoisotopic (exact) mass is 457 g/mol. The number of carbonyl (C=O) groups is 3. The van der Waals surface area contributed by atoms with Crippen LogP contribution in [-0.2, 0) is 24.2 Å². The summed E-state index contributed by atoms with van der Waals surface area (Å²) in [7, 11) is -3.25. The van der Waals surface area contributed by atoms with Gasteiger partial charge in [0.15, 0.2) is 15.0 Å². The molecule has 0 atom stereocenters. The van der Waals surface area contributed by atoms with E-state index in [1.54, 1.807) is 18.2 Å². The standard InChI is InChI=1S/C16H21N3O3S2.C2H2O4/c1-24(21,22)12-6-7-13-14(10-12)23-16(17-13)18-15(20)11-19-8-4-2-3-5-9-19;3-1(4)2(5)6/h6-7,10H,2-5,8-9,11H2,1H3,(H,17,18,20);(H,3,4)(H,5,6). The summed E-state index contributed by atoms with van der Waals surface area (Å²) in [5.74, 6) is -3.72. The smallest absolute Gasteiger partial charge is 0.414 e. The van der Waals surface area contributed by atoms with Gasteiger partial charge in [-0.15, -0.1) is 0 Å². The first kappa shape index (κ1) is 23.7. The van der Waals surface area contributed by atoms with Crippen LogP contribution in [-0.4, -0.2) is 72.3 Å². The Morgan fingerprint density at radius 2 is 1.70 bits per heavy atom. The van der Waals surface area contributed by atoms with Gasteiger partial charge in [-0.05, 0) is 44.1 Å². The molecule has 1 aliphatic heterocycles. The van der Waals surface area contributed by atoms with E-state index in [-0.39, 0.29) is 10.8 Å². The maximum atomic E-state index is 12.2. The number of benzene rings is 1. The van der Waals surface area contributed by atoms with Crippen molar-refractivity contribution < 1.29 is 33.0 Å². The molecule has 0 saturated carbocycles. The van der Waals surface area contributed by atoms with Crippen molar-refractivity contribution in [3.05, 3.63) is 18.2 Å². The number of carboxylic acid groups (broad SMARTS) is 2. The van der Waals surface area contributed by atoms with Gasteiger partial charge in [-0.3, -0.25) is 9.69 Å². The van der Waals surface area contributed by atoms with Crippen LogP contribution >= 0.6 is 11.3 Å². The van der Waals surface area contributed by atoms with Crippen molar-refractivity contribution in [2.75, 3.05) is 31.2 Å². The average Bonchev–Trinajstić information content (AvgIpc) is 2.86.